The second-order valence-corrected chi connectivity index (χ2v) is 18.2. The van der Waals surface area contributed by atoms with Gasteiger partial charge in [0.25, 0.3) is 0 Å². The molecule has 1 saturated heterocycles. The Kier molecular flexibility index (Phi) is 15.2. The quantitative estimate of drug-likeness (QED) is 0.176. The van der Waals surface area contributed by atoms with E-state index in [2.05, 4.69) is 26.1 Å². The van der Waals surface area contributed by atoms with Crippen molar-refractivity contribution in [3.8, 4) is 0 Å². The van der Waals surface area contributed by atoms with Crippen molar-refractivity contribution in [2.45, 2.75) is 142 Å². The number of nitrogens with one attached hydrogen (secondary N) is 3. The van der Waals surface area contributed by atoms with Gasteiger partial charge in [0.2, 0.25) is 29.5 Å². The molecule has 3 aliphatic rings. The fourth-order valence-electron chi connectivity index (χ4n) is 8.48. The molecule has 2 fully saturated rings. The first-order valence-corrected chi connectivity index (χ1v) is 21.2. The molecule has 0 spiro atoms. The number of carbonyl (C=O) groups is 6. The van der Waals surface area contributed by atoms with Crippen molar-refractivity contribution >= 4 is 35.5 Å². The number of hydrogen-bond acceptors (Lipinski definition) is 9. The Morgan fingerprint density at radius 2 is 1.43 bits per heavy atom. The van der Waals surface area contributed by atoms with Crippen molar-refractivity contribution in [1.29, 1.82) is 0 Å². The van der Waals surface area contributed by atoms with Crippen LogP contribution < -0.4 is 16.0 Å². The van der Waals surface area contributed by atoms with Crippen LogP contribution in [-0.2, 0) is 54.4 Å². The Labute approximate surface area is 361 Å². The predicted molar refractivity (Wildman–Crippen MR) is 212 cm³/mol. The lowest BCUT2D eigenvalue weighted by molar-refractivity contribution is -0.148. The molecule has 2 aromatic rings. The van der Waals surface area contributed by atoms with E-state index in [1.54, 1.807) is 48.5 Å². The van der Waals surface area contributed by atoms with Crippen LogP contribution in [0.15, 0.2) is 12.1 Å². The van der Waals surface area contributed by atoms with Crippen molar-refractivity contribution in [3.63, 3.8) is 0 Å². The number of rotatable bonds is 14. The lowest BCUT2D eigenvalue weighted by Crippen LogP contribution is -2.58. The minimum absolute atomic E-state index is 0.129. The number of halogens is 6. The van der Waals surface area contributed by atoms with Gasteiger partial charge in [-0.3, -0.25) is 24.0 Å². The summed E-state index contributed by atoms with van der Waals surface area (Å²) in [5, 5.41) is 14.9. The topological polar surface area (TPSA) is 185 Å². The van der Waals surface area contributed by atoms with Crippen molar-refractivity contribution in [1.82, 2.24) is 40.5 Å². The number of alkyl halides is 3. The number of likely N-dealkylation sites (tertiary alicyclic amines) is 1. The molecule has 348 valence electrons. The number of amides is 5. The first-order chi connectivity index (χ1) is 29.4. The SMILES string of the molecule is CC(C)C(NC(=O)C1CCCN1C(=O)C(NC(=O)OC(C)(C)C)C(C)C)C(=O)C1CCCC1C(=O)NC(CC(=O)N1CCn2c(nnc2C(F)(F)F)C1)Cc1cc(F)c(F)cc1F. The molecule has 63 heavy (non-hydrogen) atoms. The first-order valence-electron chi connectivity index (χ1n) is 21.2. The number of aromatic nitrogens is 3. The molecule has 1 saturated carbocycles. The summed E-state index contributed by atoms with van der Waals surface area (Å²) in [4.78, 5) is 85.0. The summed E-state index contributed by atoms with van der Waals surface area (Å²) < 4.78 is 89.5. The number of fused-ring (bicyclic) bond motifs is 1. The van der Waals surface area contributed by atoms with Crippen LogP contribution in [0, 0.1) is 41.1 Å². The summed E-state index contributed by atoms with van der Waals surface area (Å²) in [6, 6.07) is -3.34. The van der Waals surface area contributed by atoms with Gasteiger partial charge in [-0.2, -0.15) is 13.2 Å². The van der Waals surface area contributed by atoms with Crippen molar-refractivity contribution in [2.75, 3.05) is 13.1 Å². The molecule has 3 heterocycles. The molecule has 6 atom stereocenters. The van der Waals surface area contributed by atoms with Crippen LogP contribution in [-0.4, -0.2) is 103 Å². The van der Waals surface area contributed by atoms with Crippen LogP contribution in [0.3, 0.4) is 0 Å². The number of nitrogens with zero attached hydrogens (tertiary/aromatic N) is 5. The fourth-order valence-corrected chi connectivity index (χ4v) is 8.48. The third-order valence-electron chi connectivity index (χ3n) is 11.6. The molecule has 15 nitrogen and oxygen atoms in total. The lowest BCUT2D eigenvalue weighted by atomic mass is 9.83. The molecular weight excluding hydrogens is 842 g/mol. The number of Topliss-reactive ketones (excluding diaryl/α,β-unsaturated/α-hetero) is 1. The molecular formula is C42H56F6N8O7. The van der Waals surface area contributed by atoms with Gasteiger partial charge in [0.1, 0.15) is 23.5 Å². The molecule has 1 aromatic carbocycles. The van der Waals surface area contributed by atoms with Crippen LogP contribution in [0.5, 0.6) is 0 Å². The Balaban J connectivity index is 1.30. The highest BCUT2D eigenvalue weighted by molar-refractivity contribution is 5.97. The summed E-state index contributed by atoms with van der Waals surface area (Å²) in [5.74, 6) is -10.8. The lowest BCUT2D eigenvalue weighted by Gasteiger charge is -2.33. The largest absolute Gasteiger partial charge is 0.451 e. The molecule has 3 N–H and O–H groups in total. The zero-order valence-electron chi connectivity index (χ0n) is 36.4. The summed E-state index contributed by atoms with van der Waals surface area (Å²) in [7, 11) is 0. The standard InChI is InChI=1S/C42H56F6N8O7/c1-21(2)33(50-37(60)30-12-9-13-55(30)38(61)34(22(3)4)51-40(62)63-41(5,6)7)35(58)25-10-8-11-26(25)36(59)49-24(16-23-17-28(44)29(45)19-27(23)43)18-32(57)54-14-15-56-31(20-54)52-53-39(56)42(46,47)48/h17,19,21-22,24-26,30,33-34H,8-16,18,20H2,1-7H3,(H,49,59)(H,50,60)(H,51,62). The van der Waals surface area contributed by atoms with Gasteiger partial charge in [-0.05, 0) is 76.3 Å². The molecule has 6 unspecified atom stereocenters. The first kappa shape index (κ1) is 48.8. The molecule has 1 aromatic heterocycles. The summed E-state index contributed by atoms with van der Waals surface area (Å²) in [6.07, 6.45) is -4.85. The molecule has 5 rings (SSSR count). The van der Waals surface area contributed by atoms with E-state index in [1.807, 2.05) is 0 Å². The Bertz CT molecular complexity index is 2050. The van der Waals surface area contributed by atoms with E-state index in [4.69, 9.17) is 4.74 Å². The molecule has 0 radical (unpaired) electrons. The number of hydrogen-bond donors (Lipinski definition) is 3. The van der Waals surface area contributed by atoms with Crippen LogP contribution in [0.1, 0.15) is 104 Å². The van der Waals surface area contributed by atoms with Gasteiger partial charge in [-0.15, -0.1) is 10.2 Å². The van der Waals surface area contributed by atoms with E-state index >= 15 is 0 Å². The maximum atomic E-state index is 14.9. The van der Waals surface area contributed by atoms with E-state index in [9.17, 15) is 55.1 Å². The molecule has 1 aliphatic carbocycles. The smallest absolute Gasteiger partial charge is 0.444 e. The van der Waals surface area contributed by atoms with Gasteiger partial charge in [-0.1, -0.05) is 34.1 Å². The van der Waals surface area contributed by atoms with Crippen LogP contribution in [0.25, 0.3) is 0 Å². The molecule has 2 aliphatic heterocycles. The minimum atomic E-state index is -4.78. The Morgan fingerprint density at radius 3 is 2.06 bits per heavy atom. The van der Waals surface area contributed by atoms with E-state index in [0.29, 0.717) is 31.4 Å². The number of benzene rings is 1. The third kappa shape index (κ3) is 11.9. The third-order valence-corrected chi connectivity index (χ3v) is 11.6. The fraction of sp³-hybridized carbons (Fsp3) is 0.667. The average Bonchev–Trinajstić information content (AvgIpc) is 3.96. The van der Waals surface area contributed by atoms with Gasteiger partial charge in [0.05, 0.1) is 12.6 Å². The summed E-state index contributed by atoms with van der Waals surface area (Å²) >= 11 is 0. The predicted octanol–water partition coefficient (Wildman–Crippen LogP) is 4.84. The van der Waals surface area contributed by atoms with Crippen molar-refractivity contribution in [2.24, 2.45) is 23.7 Å². The van der Waals surface area contributed by atoms with Crippen LogP contribution >= 0.6 is 0 Å². The van der Waals surface area contributed by atoms with Crippen LogP contribution in [0.4, 0.5) is 31.1 Å². The zero-order valence-corrected chi connectivity index (χ0v) is 36.4. The summed E-state index contributed by atoms with van der Waals surface area (Å²) in [6.45, 7) is 11.4. The number of alkyl carbamates (subject to hydrolysis) is 1. The highest BCUT2D eigenvalue weighted by Gasteiger charge is 2.45. The Hall–Kier alpha value is -5.24. The number of carbonyl (C=O) groups excluding carboxylic acids is 6. The second kappa shape index (κ2) is 19.7. The van der Waals surface area contributed by atoms with Gasteiger partial charge < -0.3 is 35.1 Å². The maximum Gasteiger partial charge on any atom is 0.451 e. The van der Waals surface area contributed by atoms with E-state index in [1.165, 1.54) is 9.80 Å². The molecule has 21 heteroatoms. The highest BCUT2D eigenvalue weighted by atomic mass is 19.4. The highest BCUT2D eigenvalue weighted by Crippen LogP contribution is 2.35. The summed E-state index contributed by atoms with van der Waals surface area (Å²) in [5.41, 5.74) is -1.18. The molecule has 5 amide bonds. The van der Waals surface area contributed by atoms with Gasteiger partial charge in [-0.25, -0.2) is 18.0 Å². The maximum absolute atomic E-state index is 14.9. The van der Waals surface area contributed by atoms with Gasteiger partial charge >= 0.3 is 12.3 Å². The number of ether oxygens (including phenoxy) is 1. The normalized spacial score (nSPS) is 20.6. The van der Waals surface area contributed by atoms with Gasteiger partial charge in [0, 0.05) is 50.0 Å². The minimum Gasteiger partial charge on any atom is -0.444 e. The van der Waals surface area contributed by atoms with Crippen molar-refractivity contribution < 1.29 is 59.8 Å². The van der Waals surface area contributed by atoms with Gasteiger partial charge in [0.15, 0.2) is 23.2 Å². The second-order valence-electron chi connectivity index (χ2n) is 18.2. The Morgan fingerprint density at radius 1 is 0.778 bits per heavy atom. The number of ketones is 1. The molecule has 0 bridgehead atoms. The van der Waals surface area contributed by atoms with E-state index < -0.39 is 125 Å². The van der Waals surface area contributed by atoms with Crippen LogP contribution in [0.2, 0.25) is 0 Å². The van der Waals surface area contributed by atoms with E-state index in [0.717, 1.165) is 4.57 Å². The van der Waals surface area contributed by atoms with E-state index in [-0.39, 0.29) is 56.3 Å². The average molecular weight is 899 g/mol. The van der Waals surface area contributed by atoms with Crippen molar-refractivity contribution in [3.05, 3.63) is 46.8 Å². The zero-order chi connectivity index (χ0) is 46.7. The monoisotopic (exact) mass is 898 g/mol.